The van der Waals surface area contributed by atoms with Gasteiger partial charge in [0.1, 0.15) is 0 Å². The van der Waals surface area contributed by atoms with Crippen molar-refractivity contribution in [2.24, 2.45) is 23.7 Å². The molecule has 0 aromatic carbocycles. The molecule has 1 heterocycles. The molecule has 5 atom stereocenters. The van der Waals surface area contributed by atoms with Gasteiger partial charge in [-0.2, -0.15) is 0 Å². The summed E-state index contributed by atoms with van der Waals surface area (Å²) in [6, 6.07) is 0.495. The van der Waals surface area contributed by atoms with Gasteiger partial charge in [0.25, 0.3) is 0 Å². The van der Waals surface area contributed by atoms with Gasteiger partial charge in [-0.05, 0) is 69.7 Å². The Labute approximate surface area is 116 Å². The van der Waals surface area contributed by atoms with Crippen LogP contribution in [0.4, 0.5) is 0 Å². The van der Waals surface area contributed by atoms with Crippen LogP contribution in [-0.4, -0.2) is 25.0 Å². The summed E-state index contributed by atoms with van der Waals surface area (Å²) in [6.07, 6.45) is 9.06. The number of piperidine rings is 1. The highest BCUT2D eigenvalue weighted by atomic mass is 16.1. The Morgan fingerprint density at radius 2 is 2.11 bits per heavy atom. The van der Waals surface area contributed by atoms with Crippen molar-refractivity contribution in [2.45, 2.75) is 57.9 Å². The zero-order chi connectivity index (χ0) is 13.2. The Hall–Kier alpha value is -0.570. The topological polar surface area (TPSA) is 41.1 Å². The minimum absolute atomic E-state index is 0.247. The van der Waals surface area contributed by atoms with Crippen molar-refractivity contribution in [3.05, 3.63) is 0 Å². The standard InChI is InChI=1S/C16H28N2O/c1-11-8-15(5-6-17-11)16(19)18-7-4-14-10-12-2-3-13(14)9-12/h11-15,17H,2-10H2,1H3,(H,18,19)/t11-,12?,13?,14?,15-/m0/s1. The van der Waals surface area contributed by atoms with E-state index in [2.05, 4.69) is 17.6 Å². The van der Waals surface area contributed by atoms with Gasteiger partial charge in [0, 0.05) is 18.5 Å². The minimum Gasteiger partial charge on any atom is -0.356 e. The van der Waals surface area contributed by atoms with Gasteiger partial charge >= 0.3 is 0 Å². The molecular formula is C16H28N2O. The molecule has 3 unspecified atom stereocenters. The fourth-order valence-corrected chi connectivity index (χ4v) is 4.63. The molecule has 2 aliphatic carbocycles. The largest absolute Gasteiger partial charge is 0.356 e. The Morgan fingerprint density at radius 3 is 2.79 bits per heavy atom. The Kier molecular flexibility index (Phi) is 4.11. The quantitative estimate of drug-likeness (QED) is 0.818. The Balaban J connectivity index is 1.36. The van der Waals surface area contributed by atoms with Crippen molar-refractivity contribution in [1.29, 1.82) is 0 Å². The smallest absolute Gasteiger partial charge is 0.223 e. The lowest BCUT2D eigenvalue weighted by Gasteiger charge is -2.27. The summed E-state index contributed by atoms with van der Waals surface area (Å²) in [7, 11) is 0. The van der Waals surface area contributed by atoms with Gasteiger partial charge in [-0.15, -0.1) is 0 Å². The van der Waals surface area contributed by atoms with Crippen LogP contribution in [0.1, 0.15) is 51.9 Å². The van der Waals surface area contributed by atoms with Gasteiger partial charge < -0.3 is 10.6 Å². The summed E-state index contributed by atoms with van der Waals surface area (Å²) in [4.78, 5) is 12.1. The van der Waals surface area contributed by atoms with Gasteiger partial charge in [0.2, 0.25) is 5.91 Å². The number of hydrogen-bond acceptors (Lipinski definition) is 2. The first-order valence-corrected chi connectivity index (χ1v) is 8.23. The highest BCUT2D eigenvalue weighted by Crippen LogP contribution is 2.49. The second-order valence-corrected chi connectivity index (χ2v) is 7.09. The highest BCUT2D eigenvalue weighted by molar-refractivity contribution is 5.78. The van der Waals surface area contributed by atoms with Crippen molar-refractivity contribution in [2.75, 3.05) is 13.1 Å². The van der Waals surface area contributed by atoms with E-state index in [4.69, 9.17) is 0 Å². The van der Waals surface area contributed by atoms with E-state index in [0.717, 1.165) is 43.7 Å². The number of fused-ring (bicyclic) bond motifs is 2. The van der Waals surface area contributed by atoms with E-state index in [1.165, 1.54) is 32.1 Å². The molecule has 2 bridgehead atoms. The number of amides is 1. The molecule has 3 aliphatic rings. The van der Waals surface area contributed by atoms with Crippen molar-refractivity contribution >= 4 is 5.91 Å². The molecule has 0 aromatic rings. The molecule has 108 valence electrons. The van der Waals surface area contributed by atoms with Crippen molar-refractivity contribution in [3.63, 3.8) is 0 Å². The van der Waals surface area contributed by atoms with Crippen molar-refractivity contribution < 1.29 is 4.79 Å². The van der Waals surface area contributed by atoms with Crippen molar-refractivity contribution in [3.8, 4) is 0 Å². The summed E-state index contributed by atoms with van der Waals surface area (Å²) < 4.78 is 0. The normalized spacial score (nSPS) is 41.4. The fraction of sp³-hybridized carbons (Fsp3) is 0.938. The average Bonchev–Trinajstić information content (AvgIpc) is 3.01. The summed E-state index contributed by atoms with van der Waals surface area (Å²) in [5.74, 6) is 3.47. The van der Waals surface area contributed by atoms with E-state index in [1.807, 2.05) is 0 Å². The predicted molar refractivity (Wildman–Crippen MR) is 76.8 cm³/mol. The molecule has 3 heteroatoms. The van der Waals surface area contributed by atoms with Gasteiger partial charge in [-0.25, -0.2) is 0 Å². The molecule has 3 nitrogen and oxygen atoms in total. The van der Waals surface area contributed by atoms with Gasteiger partial charge in [0.05, 0.1) is 0 Å². The molecule has 1 aliphatic heterocycles. The van der Waals surface area contributed by atoms with E-state index >= 15 is 0 Å². The van der Waals surface area contributed by atoms with E-state index in [0.29, 0.717) is 11.9 Å². The van der Waals surface area contributed by atoms with E-state index in [1.54, 1.807) is 0 Å². The molecule has 3 rings (SSSR count). The number of nitrogens with one attached hydrogen (secondary N) is 2. The van der Waals surface area contributed by atoms with Gasteiger partial charge in [-0.3, -0.25) is 4.79 Å². The van der Waals surface area contributed by atoms with E-state index in [9.17, 15) is 4.79 Å². The first kappa shape index (κ1) is 13.4. The van der Waals surface area contributed by atoms with Gasteiger partial charge in [0.15, 0.2) is 0 Å². The van der Waals surface area contributed by atoms with Crippen LogP contribution < -0.4 is 10.6 Å². The number of rotatable bonds is 4. The zero-order valence-corrected chi connectivity index (χ0v) is 12.2. The lowest BCUT2D eigenvalue weighted by Crippen LogP contribution is -2.42. The second-order valence-electron chi connectivity index (χ2n) is 7.09. The lowest BCUT2D eigenvalue weighted by molar-refractivity contribution is -0.126. The van der Waals surface area contributed by atoms with Crippen LogP contribution in [0.2, 0.25) is 0 Å². The second kappa shape index (κ2) is 5.82. The van der Waals surface area contributed by atoms with Gasteiger partial charge in [-0.1, -0.05) is 6.42 Å². The molecule has 0 spiro atoms. The highest BCUT2D eigenvalue weighted by Gasteiger charge is 2.38. The average molecular weight is 264 g/mol. The molecule has 0 radical (unpaired) electrons. The molecule has 1 amide bonds. The lowest BCUT2D eigenvalue weighted by atomic mass is 9.86. The number of carbonyl (C=O) groups is 1. The maximum absolute atomic E-state index is 12.1. The first-order chi connectivity index (χ1) is 9.22. The molecule has 1 saturated heterocycles. The zero-order valence-electron chi connectivity index (χ0n) is 12.2. The summed E-state index contributed by atoms with van der Waals surface area (Å²) in [6.45, 7) is 4.07. The first-order valence-electron chi connectivity index (χ1n) is 8.23. The summed E-state index contributed by atoms with van der Waals surface area (Å²) in [5, 5.41) is 6.60. The molecule has 0 aromatic heterocycles. The maximum atomic E-state index is 12.1. The SMILES string of the molecule is C[C@H]1C[C@@H](C(=O)NCCC2CC3CCC2C3)CCN1. The van der Waals surface area contributed by atoms with Crippen molar-refractivity contribution in [1.82, 2.24) is 10.6 Å². The summed E-state index contributed by atoms with van der Waals surface area (Å²) >= 11 is 0. The van der Waals surface area contributed by atoms with Crippen LogP contribution in [0.15, 0.2) is 0 Å². The molecule has 19 heavy (non-hydrogen) atoms. The third-order valence-electron chi connectivity index (χ3n) is 5.69. The minimum atomic E-state index is 0.247. The third kappa shape index (κ3) is 3.13. The summed E-state index contributed by atoms with van der Waals surface area (Å²) in [5.41, 5.74) is 0. The third-order valence-corrected chi connectivity index (χ3v) is 5.69. The van der Waals surface area contributed by atoms with E-state index in [-0.39, 0.29) is 5.92 Å². The Morgan fingerprint density at radius 1 is 1.21 bits per heavy atom. The molecular weight excluding hydrogens is 236 g/mol. The van der Waals surface area contributed by atoms with Crippen LogP contribution in [-0.2, 0) is 4.79 Å². The molecule has 3 fully saturated rings. The Bertz CT molecular complexity index is 331. The number of hydrogen-bond donors (Lipinski definition) is 2. The van der Waals surface area contributed by atoms with Crippen LogP contribution in [0.3, 0.4) is 0 Å². The monoisotopic (exact) mass is 264 g/mol. The van der Waals surface area contributed by atoms with Crippen LogP contribution in [0.5, 0.6) is 0 Å². The van der Waals surface area contributed by atoms with Crippen LogP contribution in [0, 0.1) is 23.7 Å². The fourth-order valence-electron chi connectivity index (χ4n) is 4.63. The van der Waals surface area contributed by atoms with E-state index < -0.39 is 0 Å². The molecule has 2 N–H and O–H groups in total. The van der Waals surface area contributed by atoms with Crippen LogP contribution >= 0.6 is 0 Å². The number of carbonyl (C=O) groups excluding carboxylic acids is 1. The molecule has 2 saturated carbocycles. The predicted octanol–water partition coefficient (Wildman–Crippen LogP) is 2.32. The maximum Gasteiger partial charge on any atom is 0.223 e. The van der Waals surface area contributed by atoms with Crippen LogP contribution in [0.25, 0.3) is 0 Å².